The van der Waals surface area contributed by atoms with Crippen LogP contribution in [0.5, 0.6) is 0 Å². The van der Waals surface area contributed by atoms with Crippen molar-refractivity contribution in [2.24, 2.45) is 5.73 Å². The van der Waals surface area contributed by atoms with Crippen molar-refractivity contribution in [2.75, 3.05) is 24.6 Å². The topological polar surface area (TPSA) is 83.6 Å². The maximum absolute atomic E-state index is 11.6. The van der Waals surface area contributed by atoms with Crippen molar-refractivity contribution in [3.05, 3.63) is 0 Å². The van der Waals surface area contributed by atoms with E-state index in [0.29, 0.717) is 12.2 Å². The van der Waals surface area contributed by atoms with E-state index in [4.69, 9.17) is 10.8 Å². The summed E-state index contributed by atoms with van der Waals surface area (Å²) in [5.41, 5.74) is 5.35. The number of carboxylic acids is 1. The monoisotopic (exact) mass is 262 g/mol. The Morgan fingerprint density at radius 2 is 1.94 bits per heavy atom. The van der Waals surface area contributed by atoms with E-state index in [9.17, 15) is 9.59 Å². The predicted octanol–water partition coefficient (Wildman–Crippen LogP) is 0.780. The van der Waals surface area contributed by atoms with Crippen molar-refractivity contribution in [1.82, 2.24) is 4.90 Å². The van der Waals surface area contributed by atoms with Gasteiger partial charge in [0, 0.05) is 25.3 Å². The zero-order chi connectivity index (χ0) is 13.3. The van der Waals surface area contributed by atoms with Gasteiger partial charge in [0.25, 0.3) is 0 Å². The highest BCUT2D eigenvalue weighted by molar-refractivity contribution is 7.99. The van der Waals surface area contributed by atoms with Crippen LogP contribution in [0.2, 0.25) is 0 Å². The standard InChI is InChI=1S/C11H22N2O3S/c1-3-13(4-2)10(14)6-5-7-17-8-9(12)11(15)16/h9H,3-8,12H2,1-2H3,(H,15,16). The molecule has 17 heavy (non-hydrogen) atoms. The van der Waals surface area contributed by atoms with Gasteiger partial charge in [-0.2, -0.15) is 11.8 Å². The summed E-state index contributed by atoms with van der Waals surface area (Å²) in [6.07, 6.45) is 1.29. The van der Waals surface area contributed by atoms with Gasteiger partial charge < -0.3 is 15.7 Å². The Hall–Kier alpha value is -0.750. The Morgan fingerprint density at radius 1 is 1.35 bits per heavy atom. The molecular formula is C11H22N2O3S. The highest BCUT2D eigenvalue weighted by atomic mass is 32.2. The van der Waals surface area contributed by atoms with E-state index in [1.807, 2.05) is 13.8 Å². The summed E-state index contributed by atoms with van der Waals surface area (Å²) in [6, 6.07) is -0.807. The van der Waals surface area contributed by atoms with Crippen LogP contribution in [0.4, 0.5) is 0 Å². The molecule has 0 heterocycles. The van der Waals surface area contributed by atoms with Crippen LogP contribution in [0, 0.1) is 0 Å². The zero-order valence-corrected chi connectivity index (χ0v) is 11.3. The third-order valence-corrected chi connectivity index (χ3v) is 3.58. The molecule has 0 aromatic carbocycles. The smallest absolute Gasteiger partial charge is 0.321 e. The van der Waals surface area contributed by atoms with Crippen LogP contribution in [0.3, 0.4) is 0 Å². The summed E-state index contributed by atoms with van der Waals surface area (Å²) < 4.78 is 0. The Labute approximate surface area is 107 Å². The molecule has 0 saturated heterocycles. The van der Waals surface area contributed by atoms with E-state index >= 15 is 0 Å². The highest BCUT2D eigenvalue weighted by Gasteiger charge is 2.11. The first kappa shape index (κ1) is 16.2. The van der Waals surface area contributed by atoms with Gasteiger partial charge >= 0.3 is 5.97 Å². The van der Waals surface area contributed by atoms with Crippen LogP contribution < -0.4 is 5.73 Å². The van der Waals surface area contributed by atoms with Crippen molar-refractivity contribution >= 4 is 23.6 Å². The SMILES string of the molecule is CCN(CC)C(=O)CCCSCC(N)C(=O)O. The Balaban J connectivity index is 3.58. The lowest BCUT2D eigenvalue weighted by molar-refractivity contribution is -0.138. The summed E-state index contributed by atoms with van der Waals surface area (Å²) in [5.74, 6) is 0.359. The molecule has 3 N–H and O–H groups in total. The molecule has 0 saturated carbocycles. The lowest BCUT2D eigenvalue weighted by Gasteiger charge is -2.18. The molecule has 0 aromatic rings. The number of carbonyl (C=O) groups excluding carboxylic acids is 1. The average Bonchev–Trinajstić information content (AvgIpc) is 2.29. The third kappa shape index (κ3) is 7.23. The van der Waals surface area contributed by atoms with E-state index in [2.05, 4.69) is 0 Å². The summed E-state index contributed by atoms with van der Waals surface area (Å²) >= 11 is 1.48. The molecule has 0 bridgehead atoms. The van der Waals surface area contributed by atoms with Gasteiger partial charge in [-0.05, 0) is 26.0 Å². The number of nitrogens with zero attached hydrogens (tertiary/aromatic N) is 1. The predicted molar refractivity (Wildman–Crippen MR) is 70.1 cm³/mol. The van der Waals surface area contributed by atoms with Crippen LogP contribution in [-0.2, 0) is 9.59 Å². The quantitative estimate of drug-likeness (QED) is 0.600. The van der Waals surface area contributed by atoms with E-state index < -0.39 is 12.0 Å². The molecule has 5 nitrogen and oxygen atoms in total. The average molecular weight is 262 g/mol. The number of rotatable bonds is 9. The summed E-state index contributed by atoms with van der Waals surface area (Å²) in [4.78, 5) is 23.8. The molecule has 0 aromatic heterocycles. The molecule has 0 aliphatic rings. The molecule has 0 spiro atoms. The second-order valence-corrected chi connectivity index (χ2v) is 4.84. The lowest BCUT2D eigenvalue weighted by atomic mass is 10.3. The van der Waals surface area contributed by atoms with Crippen molar-refractivity contribution in [2.45, 2.75) is 32.7 Å². The number of thioether (sulfide) groups is 1. The second-order valence-electron chi connectivity index (χ2n) is 3.69. The number of carbonyl (C=O) groups is 2. The molecule has 1 amide bonds. The second kappa shape index (κ2) is 9.30. The number of hydrogen-bond donors (Lipinski definition) is 2. The van der Waals surface area contributed by atoms with Gasteiger partial charge in [0.1, 0.15) is 6.04 Å². The summed E-state index contributed by atoms with van der Waals surface area (Å²) in [5, 5.41) is 8.56. The molecule has 0 aliphatic heterocycles. The molecule has 1 unspecified atom stereocenters. The minimum atomic E-state index is -0.975. The number of carboxylic acid groups (broad SMARTS) is 1. The first-order valence-corrected chi connectivity index (χ1v) is 7.02. The zero-order valence-electron chi connectivity index (χ0n) is 10.5. The van der Waals surface area contributed by atoms with Crippen LogP contribution >= 0.6 is 11.8 Å². The Bertz CT molecular complexity index is 245. The number of amides is 1. The van der Waals surface area contributed by atoms with Crippen molar-refractivity contribution in [3.63, 3.8) is 0 Å². The third-order valence-electron chi connectivity index (χ3n) is 2.41. The largest absolute Gasteiger partial charge is 0.480 e. The normalized spacial score (nSPS) is 12.2. The maximum Gasteiger partial charge on any atom is 0.321 e. The minimum absolute atomic E-state index is 0.165. The van der Waals surface area contributed by atoms with Gasteiger partial charge in [-0.3, -0.25) is 9.59 Å². The Kier molecular flexibility index (Phi) is 8.89. The van der Waals surface area contributed by atoms with Crippen molar-refractivity contribution < 1.29 is 14.7 Å². The van der Waals surface area contributed by atoms with E-state index in [1.54, 1.807) is 4.90 Å². The highest BCUT2D eigenvalue weighted by Crippen LogP contribution is 2.07. The Morgan fingerprint density at radius 3 is 2.41 bits per heavy atom. The van der Waals surface area contributed by atoms with Crippen LogP contribution in [0.15, 0.2) is 0 Å². The molecule has 0 rings (SSSR count). The molecule has 6 heteroatoms. The van der Waals surface area contributed by atoms with Gasteiger partial charge in [-0.15, -0.1) is 0 Å². The molecule has 100 valence electrons. The van der Waals surface area contributed by atoms with E-state index in [0.717, 1.165) is 25.3 Å². The van der Waals surface area contributed by atoms with Crippen LogP contribution in [-0.4, -0.2) is 52.5 Å². The number of hydrogen-bond acceptors (Lipinski definition) is 4. The lowest BCUT2D eigenvalue weighted by Crippen LogP contribution is -2.32. The molecule has 0 radical (unpaired) electrons. The fourth-order valence-electron chi connectivity index (χ4n) is 1.34. The fraction of sp³-hybridized carbons (Fsp3) is 0.818. The van der Waals surface area contributed by atoms with E-state index in [-0.39, 0.29) is 5.91 Å². The first-order valence-electron chi connectivity index (χ1n) is 5.86. The summed E-state index contributed by atoms with van der Waals surface area (Å²) in [6.45, 7) is 5.41. The maximum atomic E-state index is 11.6. The van der Waals surface area contributed by atoms with Crippen molar-refractivity contribution in [1.29, 1.82) is 0 Å². The molecule has 0 fully saturated rings. The number of nitrogens with two attached hydrogens (primary N) is 1. The van der Waals surface area contributed by atoms with Gasteiger partial charge in [0.05, 0.1) is 0 Å². The first-order chi connectivity index (χ1) is 8.02. The molecular weight excluding hydrogens is 240 g/mol. The fourth-order valence-corrected chi connectivity index (χ4v) is 2.25. The van der Waals surface area contributed by atoms with Gasteiger partial charge in [-0.1, -0.05) is 0 Å². The van der Waals surface area contributed by atoms with Gasteiger partial charge in [0.2, 0.25) is 5.91 Å². The van der Waals surface area contributed by atoms with Gasteiger partial charge in [0.15, 0.2) is 0 Å². The molecule has 1 atom stereocenters. The van der Waals surface area contributed by atoms with Gasteiger partial charge in [-0.25, -0.2) is 0 Å². The molecule has 0 aliphatic carbocycles. The van der Waals surface area contributed by atoms with Crippen molar-refractivity contribution in [3.8, 4) is 0 Å². The summed E-state index contributed by atoms with van der Waals surface area (Å²) in [7, 11) is 0. The van der Waals surface area contributed by atoms with E-state index in [1.165, 1.54) is 11.8 Å². The number of aliphatic carboxylic acids is 1. The van der Waals surface area contributed by atoms with Crippen LogP contribution in [0.25, 0.3) is 0 Å². The minimum Gasteiger partial charge on any atom is -0.480 e. The van der Waals surface area contributed by atoms with Crippen LogP contribution in [0.1, 0.15) is 26.7 Å².